The van der Waals surface area contributed by atoms with Crippen molar-refractivity contribution in [2.45, 2.75) is 18.8 Å². The maximum Gasteiger partial charge on any atom is 0.331 e. The molecule has 6 heteroatoms. The largest absolute Gasteiger partial charge is 0.472 e. The van der Waals surface area contributed by atoms with Crippen LogP contribution >= 0.6 is 0 Å². The molecule has 2 N–H and O–H groups in total. The first-order valence-corrected chi connectivity index (χ1v) is 4.42. The summed E-state index contributed by atoms with van der Waals surface area (Å²) in [6, 6.07) is 1.19. The second-order valence-corrected chi connectivity index (χ2v) is 3.34. The van der Waals surface area contributed by atoms with Crippen LogP contribution in [0.15, 0.2) is 34.2 Å². The van der Waals surface area contributed by atoms with Crippen LogP contribution in [-0.2, 0) is 4.74 Å². The Morgan fingerprint density at radius 2 is 2.33 bits per heavy atom. The molecular weight excluding hydrogens is 200 g/mol. The Balaban J connectivity index is 2.42. The van der Waals surface area contributed by atoms with Gasteiger partial charge in [-0.1, -0.05) is 6.58 Å². The zero-order valence-corrected chi connectivity index (χ0v) is 7.84. The fourth-order valence-corrected chi connectivity index (χ4v) is 1.50. The fraction of sp³-hybridized carbons (Fsp3) is 0.333. The summed E-state index contributed by atoms with van der Waals surface area (Å²) in [5, 5.41) is 9.57. The zero-order chi connectivity index (χ0) is 11.0. The summed E-state index contributed by atoms with van der Waals surface area (Å²) in [6.07, 6.45) is -0.0490. The number of aromatic amines is 1. The Bertz CT molecular complexity index is 501. The standard InChI is InChI=1S/C9H10N2O4/c1-5-4-6(12)8(15-5)11-3-2-7(13)10-9(11)14/h2-3,6,8,12H,1,4H2,(H,10,13,14)/t6-,8-/m1/s1. The molecule has 0 saturated carbocycles. The third-order valence-corrected chi connectivity index (χ3v) is 2.18. The second-order valence-electron chi connectivity index (χ2n) is 3.34. The molecule has 0 spiro atoms. The van der Waals surface area contributed by atoms with E-state index >= 15 is 0 Å². The monoisotopic (exact) mass is 210 g/mol. The van der Waals surface area contributed by atoms with E-state index in [9.17, 15) is 14.7 Å². The van der Waals surface area contributed by atoms with Crippen LogP contribution in [0.4, 0.5) is 0 Å². The van der Waals surface area contributed by atoms with Gasteiger partial charge in [-0.25, -0.2) is 4.79 Å². The van der Waals surface area contributed by atoms with E-state index in [0.717, 1.165) is 4.57 Å². The lowest BCUT2D eigenvalue weighted by molar-refractivity contribution is 0.00551. The molecule has 2 atom stereocenters. The van der Waals surface area contributed by atoms with Gasteiger partial charge < -0.3 is 9.84 Å². The summed E-state index contributed by atoms with van der Waals surface area (Å²) < 4.78 is 6.31. The van der Waals surface area contributed by atoms with E-state index in [2.05, 4.69) is 11.6 Å². The summed E-state index contributed by atoms with van der Waals surface area (Å²) in [5.41, 5.74) is -1.09. The smallest absolute Gasteiger partial charge is 0.331 e. The molecule has 2 rings (SSSR count). The first kappa shape index (κ1) is 9.72. The third-order valence-electron chi connectivity index (χ3n) is 2.18. The van der Waals surface area contributed by atoms with Crippen LogP contribution in [0.3, 0.4) is 0 Å². The van der Waals surface area contributed by atoms with Crippen LogP contribution in [0.5, 0.6) is 0 Å². The summed E-state index contributed by atoms with van der Waals surface area (Å²) in [5.74, 6) is 0.422. The SMILES string of the molecule is C=C1C[C@@H](O)[C@H](n2ccc(=O)[nH]c2=O)O1. The molecule has 0 unspecified atom stereocenters. The summed E-state index contributed by atoms with van der Waals surface area (Å²) in [6.45, 7) is 3.56. The van der Waals surface area contributed by atoms with E-state index in [1.165, 1.54) is 12.3 Å². The highest BCUT2D eigenvalue weighted by atomic mass is 16.5. The minimum absolute atomic E-state index is 0.288. The second kappa shape index (κ2) is 3.39. The quantitative estimate of drug-likeness (QED) is 0.643. The van der Waals surface area contributed by atoms with Crippen molar-refractivity contribution in [1.82, 2.24) is 9.55 Å². The molecule has 2 heterocycles. The van der Waals surface area contributed by atoms with Crippen molar-refractivity contribution in [3.05, 3.63) is 45.4 Å². The molecule has 0 aromatic carbocycles. The van der Waals surface area contributed by atoms with Gasteiger partial charge in [-0.15, -0.1) is 0 Å². The van der Waals surface area contributed by atoms with Crippen molar-refractivity contribution in [2.75, 3.05) is 0 Å². The van der Waals surface area contributed by atoms with Crippen molar-refractivity contribution in [3.8, 4) is 0 Å². The van der Waals surface area contributed by atoms with E-state index in [4.69, 9.17) is 4.74 Å². The lowest BCUT2D eigenvalue weighted by Gasteiger charge is -2.15. The van der Waals surface area contributed by atoms with Crippen molar-refractivity contribution in [3.63, 3.8) is 0 Å². The van der Waals surface area contributed by atoms with Gasteiger partial charge in [0.2, 0.25) is 6.23 Å². The van der Waals surface area contributed by atoms with E-state index in [1.54, 1.807) is 0 Å². The fourth-order valence-electron chi connectivity index (χ4n) is 1.50. The number of rotatable bonds is 1. The third kappa shape index (κ3) is 1.71. The first-order chi connectivity index (χ1) is 7.08. The summed E-state index contributed by atoms with van der Waals surface area (Å²) in [7, 11) is 0. The number of hydrogen-bond acceptors (Lipinski definition) is 4. The maximum absolute atomic E-state index is 11.4. The Kier molecular flexibility index (Phi) is 2.20. The minimum atomic E-state index is -0.818. The predicted octanol–water partition coefficient (Wildman–Crippen LogP) is -0.670. The van der Waals surface area contributed by atoms with Crippen LogP contribution in [0.2, 0.25) is 0 Å². The van der Waals surface area contributed by atoms with Crippen molar-refractivity contribution < 1.29 is 9.84 Å². The predicted molar refractivity (Wildman–Crippen MR) is 51.2 cm³/mol. The Hall–Kier alpha value is -1.82. The number of H-pyrrole nitrogens is 1. The van der Waals surface area contributed by atoms with Crippen molar-refractivity contribution in [2.24, 2.45) is 0 Å². The lowest BCUT2D eigenvalue weighted by atomic mass is 10.2. The van der Waals surface area contributed by atoms with Gasteiger partial charge >= 0.3 is 5.69 Å². The van der Waals surface area contributed by atoms with Gasteiger partial charge in [0.25, 0.3) is 5.56 Å². The number of hydrogen-bond donors (Lipinski definition) is 2. The van der Waals surface area contributed by atoms with Crippen LogP contribution < -0.4 is 11.2 Å². The van der Waals surface area contributed by atoms with Crippen LogP contribution in [-0.4, -0.2) is 20.8 Å². The lowest BCUT2D eigenvalue weighted by Crippen LogP contribution is -2.34. The van der Waals surface area contributed by atoms with Crippen molar-refractivity contribution in [1.29, 1.82) is 0 Å². The number of nitrogens with one attached hydrogen (secondary N) is 1. The molecule has 6 nitrogen and oxygen atoms in total. The molecule has 1 aromatic heterocycles. The molecule has 80 valence electrons. The average molecular weight is 210 g/mol. The molecule has 1 aliphatic heterocycles. The summed E-state index contributed by atoms with van der Waals surface area (Å²) >= 11 is 0. The van der Waals surface area contributed by atoms with Gasteiger partial charge in [0.15, 0.2) is 0 Å². The molecule has 1 aliphatic rings. The van der Waals surface area contributed by atoms with Gasteiger partial charge in [0, 0.05) is 18.7 Å². The molecule has 0 aliphatic carbocycles. The number of aliphatic hydroxyl groups excluding tert-OH is 1. The number of nitrogens with zero attached hydrogens (tertiary/aromatic N) is 1. The normalized spacial score (nSPS) is 25.3. The Morgan fingerprint density at radius 3 is 2.87 bits per heavy atom. The molecular formula is C9H10N2O4. The van der Waals surface area contributed by atoms with Gasteiger partial charge in [0.05, 0.1) is 5.76 Å². The van der Waals surface area contributed by atoms with Crippen molar-refractivity contribution >= 4 is 0 Å². The minimum Gasteiger partial charge on any atom is -0.472 e. The molecule has 1 aromatic rings. The zero-order valence-electron chi connectivity index (χ0n) is 7.84. The van der Waals surface area contributed by atoms with Crippen LogP contribution in [0.25, 0.3) is 0 Å². The average Bonchev–Trinajstić information content (AvgIpc) is 2.45. The molecule has 0 radical (unpaired) electrons. The van der Waals surface area contributed by atoms with Gasteiger partial charge in [0.1, 0.15) is 6.10 Å². The number of aliphatic hydroxyl groups is 1. The van der Waals surface area contributed by atoms with Crippen LogP contribution in [0, 0.1) is 0 Å². The van der Waals surface area contributed by atoms with E-state index in [1.807, 2.05) is 0 Å². The van der Waals surface area contributed by atoms with E-state index in [-0.39, 0.29) is 6.42 Å². The highest BCUT2D eigenvalue weighted by Gasteiger charge is 2.31. The highest BCUT2D eigenvalue weighted by molar-refractivity contribution is 4.97. The first-order valence-electron chi connectivity index (χ1n) is 4.42. The number of ether oxygens (including phenoxy) is 1. The van der Waals surface area contributed by atoms with Gasteiger partial charge in [-0.05, 0) is 0 Å². The van der Waals surface area contributed by atoms with E-state index in [0.29, 0.717) is 5.76 Å². The maximum atomic E-state index is 11.4. The molecule has 0 amide bonds. The Labute approximate surface area is 84.4 Å². The molecule has 15 heavy (non-hydrogen) atoms. The highest BCUT2D eigenvalue weighted by Crippen LogP contribution is 2.28. The number of aromatic nitrogens is 2. The Morgan fingerprint density at radius 1 is 1.60 bits per heavy atom. The molecule has 1 saturated heterocycles. The van der Waals surface area contributed by atoms with Gasteiger partial charge in [-0.2, -0.15) is 0 Å². The molecule has 0 bridgehead atoms. The van der Waals surface area contributed by atoms with E-state index < -0.39 is 23.6 Å². The topological polar surface area (TPSA) is 84.3 Å². The summed E-state index contributed by atoms with van der Waals surface area (Å²) in [4.78, 5) is 24.3. The molecule has 1 fully saturated rings. The van der Waals surface area contributed by atoms with Crippen LogP contribution in [0.1, 0.15) is 12.6 Å². The van der Waals surface area contributed by atoms with Gasteiger partial charge in [-0.3, -0.25) is 14.3 Å².